The molecule has 0 spiro atoms. The summed E-state index contributed by atoms with van der Waals surface area (Å²) in [6.07, 6.45) is 1.99. The summed E-state index contributed by atoms with van der Waals surface area (Å²) in [4.78, 5) is 10.6. The maximum atomic E-state index is 3.81. The number of hydrogen-bond acceptors (Lipinski definition) is 3. The number of allylic oxidation sites excluding steroid dienone is 1. The predicted molar refractivity (Wildman–Crippen MR) is 61.8 cm³/mol. The molecule has 0 radical (unpaired) electrons. The molecule has 0 aromatic rings. The fraction of sp³-hybridized carbons (Fsp3) is 0.778. The summed E-state index contributed by atoms with van der Waals surface area (Å²) < 4.78 is 0. The van der Waals surface area contributed by atoms with Crippen molar-refractivity contribution in [1.82, 2.24) is 14.9 Å². The zero-order chi connectivity index (χ0) is 10.2. The van der Waals surface area contributed by atoms with E-state index in [2.05, 4.69) is 42.3 Å². The Labute approximate surface area is 83.2 Å². The average molecular weight is 201 g/mol. The van der Waals surface area contributed by atoms with Crippen LogP contribution in [0.1, 0.15) is 20.8 Å². The lowest BCUT2D eigenvalue weighted by atomic mass is 10.8. The predicted octanol–water partition coefficient (Wildman–Crippen LogP) is 0.940. The molecule has 0 bridgehead atoms. The monoisotopic (exact) mass is 201 g/mol. The van der Waals surface area contributed by atoms with Gasteiger partial charge in [0.2, 0.25) is 0 Å². The Morgan fingerprint density at radius 3 is 1.62 bits per heavy atom. The SMILES string of the molecule is C=CC[Si](NCC)(NCC)NCC. The van der Waals surface area contributed by atoms with Gasteiger partial charge in [0.15, 0.2) is 0 Å². The average Bonchev–Trinajstić information content (AvgIpc) is 2.06. The van der Waals surface area contributed by atoms with Gasteiger partial charge in [-0.15, -0.1) is 6.58 Å². The highest BCUT2D eigenvalue weighted by atomic mass is 28.4. The van der Waals surface area contributed by atoms with Crippen molar-refractivity contribution in [2.45, 2.75) is 26.8 Å². The van der Waals surface area contributed by atoms with Gasteiger partial charge in [0.1, 0.15) is 0 Å². The molecule has 0 atom stereocenters. The topological polar surface area (TPSA) is 36.1 Å². The highest BCUT2D eigenvalue weighted by molar-refractivity contribution is 6.73. The zero-order valence-corrected chi connectivity index (χ0v) is 10.1. The molecule has 0 aliphatic rings. The van der Waals surface area contributed by atoms with Crippen LogP contribution in [0.5, 0.6) is 0 Å². The van der Waals surface area contributed by atoms with E-state index in [1.807, 2.05) is 6.08 Å². The minimum atomic E-state index is -1.66. The highest BCUT2D eigenvalue weighted by Crippen LogP contribution is 1.98. The van der Waals surface area contributed by atoms with Gasteiger partial charge in [-0.1, -0.05) is 26.8 Å². The van der Waals surface area contributed by atoms with E-state index >= 15 is 0 Å². The fourth-order valence-corrected chi connectivity index (χ4v) is 4.58. The molecule has 0 aromatic heterocycles. The van der Waals surface area contributed by atoms with Crippen molar-refractivity contribution in [3.8, 4) is 0 Å². The van der Waals surface area contributed by atoms with E-state index in [4.69, 9.17) is 0 Å². The third-order valence-electron chi connectivity index (χ3n) is 1.89. The van der Waals surface area contributed by atoms with E-state index in [9.17, 15) is 0 Å². The van der Waals surface area contributed by atoms with Gasteiger partial charge >= 0.3 is 0 Å². The zero-order valence-electron chi connectivity index (χ0n) is 9.11. The van der Waals surface area contributed by atoms with Crippen molar-refractivity contribution < 1.29 is 0 Å². The molecule has 0 saturated carbocycles. The molecule has 78 valence electrons. The van der Waals surface area contributed by atoms with E-state index in [1.54, 1.807) is 0 Å². The summed E-state index contributed by atoms with van der Waals surface area (Å²) in [7, 11) is -1.66. The van der Waals surface area contributed by atoms with Crippen LogP contribution in [0.2, 0.25) is 6.04 Å². The molecule has 3 N–H and O–H groups in total. The molecule has 0 unspecified atom stereocenters. The first kappa shape index (κ1) is 12.8. The van der Waals surface area contributed by atoms with Crippen molar-refractivity contribution in [3.05, 3.63) is 12.7 Å². The van der Waals surface area contributed by atoms with Gasteiger partial charge in [0, 0.05) is 6.04 Å². The van der Waals surface area contributed by atoms with Crippen LogP contribution in [-0.4, -0.2) is 28.2 Å². The van der Waals surface area contributed by atoms with Crippen molar-refractivity contribution >= 4 is 8.56 Å². The minimum absolute atomic E-state index is 1.00. The summed E-state index contributed by atoms with van der Waals surface area (Å²) in [5.41, 5.74) is 0. The fourth-order valence-electron chi connectivity index (χ4n) is 1.53. The van der Waals surface area contributed by atoms with Crippen LogP contribution in [0, 0.1) is 0 Å². The van der Waals surface area contributed by atoms with Crippen LogP contribution < -0.4 is 14.9 Å². The first-order valence-corrected chi connectivity index (χ1v) is 7.31. The quantitative estimate of drug-likeness (QED) is 0.404. The molecular formula is C9H23N3Si. The third kappa shape index (κ3) is 4.57. The van der Waals surface area contributed by atoms with E-state index in [0.717, 1.165) is 25.7 Å². The Morgan fingerprint density at radius 1 is 1.00 bits per heavy atom. The third-order valence-corrected chi connectivity index (χ3v) is 5.66. The molecule has 0 rings (SSSR count). The summed E-state index contributed by atoms with van der Waals surface area (Å²) >= 11 is 0. The molecule has 13 heavy (non-hydrogen) atoms. The molecule has 0 aliphatic heterocycles. The molecule has 0 aromatic carbocycles. The first-order chi connectivity index (χ1) is 6.24. The molecule has 4 heteroatoms. The van der Waals surface area contributed by atoms with Crippen LogP contribution in [0.4, 0.5) is 0 Å². The van der Waals surface area contributed by atoms with Gasteiger partial charge in [-0.3, -0.25) is 0 Å². The lowest BCUT2D eigenvalue weighted by Crippen LogP contribution is -2.71. The van der Waals surface area contributed by atoms with Gasteiger partial charge < -0.3 is 14.9 Å². The maximum absolute atomic E-state index is 3.81. The molecule has 0 amide bonds. The Bertz CT molecular complexity index is 122. The van der Waals surface area contributed by atoms with Gasteiger partial charge in [0.25, 0.3) is 8.56 Å². The van der Waals surface area contributed by atoms with E-state index in [0.29, 0.717) is 0 Å². The van der Waals surface area contributed by atoms with Gasteiger partial charge in [-0.2, -0.15) is 0 Å². The highest BCUT2D eigenvalue weighted by Gasteiger charge is 2.29. The van der Waals surface area contributed by atoms with Crippen LogP contribution in [0.15, 0.2) is 12.7 Å². The Hall–Kier alpha value is -0.163. The van der Waals surface area contributed by atoms with Crippen molar-refractivity contribution in [1.29, 1.82) is 0 Å². The number of rotatable bonds is 8. The first-order valence-electron chi connectivity index (χ1n) is 5.10. The molecular weight excluding hydrogens is 178 g/mol. The van der Waals surface area contributed by atoms with Gasteiger partial charge in [0.05, 0.1) is 0 Å². The summed E-state index contributed by atoms with van der Waals surface area (Å²) in [6, 6.07) is 1.02. The molecule has 3 nitrogen and oxygen atoms in total. The maximum Gasteiger partial charge on any atom is 0.285 e. The lowest BCUT2D eigenvalue weighted by molar-refractivity contribution is 0.771. The van der Waals surface area contributed by atoms with Gasteiger partial charge in [-0.25, -0.2) is 0 Å². The second-order valence-electron chi connectivity index (χ2n) is 2.99. The van der Waals surface area contributed by atoms with Crippen LogP contribution in [0.25, 0.3) is 0 Å². The number of nitrogens with one attached hydrogen (secondary N) is 3. The van der Waals surface area contributed by atoms with E-state index in [-0.39, 0.29) is 0 Å². The molecule has 0 fully saturated rings. The Balaban J connectivity index is 4.27. The Morgan fingerprint density at radius 2 is 1.38 bits per heavy atom. The number of hydrogen-bond donors (Lipinski definition) is 3. The van der Waals surface area contributed by atoms with E-state index in [1.165, 1.54) is 0 Å². The summed E-state index contributed by atoms with van der Waals surface area (Å²) in [5.74, 6) is 0. The summed E-state index contributed by atoms with van der Waals surface area (Å²) in [5, 5.41) is 0. The lowest BCUT2D eigenvalue weighted by Gasteiger charge is -2.31. The molecule has 0 aliphatic carbocycles. The normalized spacial score (nSPS) is 11.6. The van der Waals surface area contributed by atoms with Crippen molar-refractivity contribution in [3.63, 3.8) is 0 Å². The minimum Gasteiger partial charge on any atom is -0.313 e. The van der Waals surface area contributed by atoms with Gasteiger partial charge in [-0.05, 0) is 19.6 Å². The second kappa shape index (κ2) is 7.26. The van der Waals surface area contributed by atoms with Crippen molar-refractivity contribution in [2.75, 3.05) is 19.6 Å². The smallest absolute Gasteiger partial charge is 0.285 e. The molecule has 0 saturated heterocycles. The largest absolute Gasteiger partial charge is 0.313 e. The van der Waals surface area contributed by atoms with Crippen LogP contribution in [-0.2, 0) is 0 Å². The second-order valence-corrected chi connectivity index (χ2v) is 6.27. The summed E-state index contributed by atoms with van der Waals surface area (Å²) in [6.45, 7) is 13.2. The van der Waals surface area contributed by atoms with Crippen LogP contribution >= 0.6 is 0 Å². The molecule has 0 heterocycles. The van der Waals surface area contributed by atoms with Crippen LogP contribution in [0.3, 0.4) is 0 Å². The standard InChI is InChI=1S/C9H23N3Si/c1-5-9-13(10-6-2,11-7-3)12-8-4/h5,10-12H,1,6-9H2,2-4H3. The van der Waals surface area contributed by atoms with E-state index < -0.39 is 8.56 Å². The Kier molecular flexibility index (Phi) is 7.17. The van der Waals surface area contributed by atoms with Crippen molar-refractivity contribution in [2.24, 2.45) is 0 Å².